The maximum Gasteiger partial charge on any atom is 0.237 e. The van der Waals surface area contributed by atoms with Crippen LogP contribution >= 0.6 is 0 Å². The highest BCUT2D eigenvalue weighted by atomic mass is 19.1. The molecule has 0 unspecified atom stereocenters. The van der Waals surface area contributed by atoms with Crippen LogP contribution < -0.4 is 4.90 Å². The topological polar surface area (TPSA) is 36.1 Å². The molecule has 1 aliphatic carbocycles. The van der Waals surface area contributed by atoms with Gasteiger partial charge in [0.15, 0.2) is 0 Å². The largest absolute Gasteiger partial charge is 0.361 e. The number of hydrogen-bond acceptors (Lipinski definition) is 1. The number of amides is 1. The predicted molar refractivity (Wildman–Crippen MR) is 93.6 cm³/mol. The highest BCUT2D eigenvalue weighted by Gasteiger charge is 2.54. The molecule has 0 saturated heterocycles. The second kappa shape index (κ2) is 5.48. The van der Waals surface area contributed by atoms with Crippen LogP contribution in [0.1, 0.15) is 25.3 Å². The van der Waals surface area contributed by atoms with Crippen molar-refractivity contribution in [3.05, 3.63) is 66.1 Å². The number of aromatic amines is 1. The van der Waals surface area contributed by atoms with E-state index in [4.69, 9.17) is 0 Å². The summed E-state index contributed by atoms with van der Waals surface area (Å²) in [6.07, 6.45) is 3.53. The van der Waals surface area contributed by atoms with Gasteiger partial charge in [-0.2, -0.15) is 0 Å². The lowest BCUT2D eigenvalue weighted by molar-refractivity contribution is -0.120. The number of hydrogen-bond donors (Lipinski definition) is 1. The van der Waals surface area contributed by atoms with Gasteiger partial charge in [-0.3, -0.25) is 4.79 Å². The second-order valence-corrected chi connectivity index (χ2v) is 6.36. The number of carbonyl (C=O) groups is 1. The van der Waals surface area contributed by atoms with Crippen LogP contribution in [-0.2, 0) is 10.2 Å². The van der Waals surface area contributed by atoms with E-state index >= 15 is 0 Å². The summed E-state index contributed by atoms with van der Waals surface area (Å²) < 4.78 is 13.4. The van der Waals surface area contributed by atoms with Crippen LogP contribution in [0.3, 0.4) is 0 Å². The maximum absolute atomic E-state index is 13.4. The minimum Gasteiger partial charge on any atom is -0.361 e. The highest BCUT2D eigenvalue weighted by Crippen LogP contribution is 2.52. The molecule has 3 aromatic rings. The Morgan fingerprint density at radius 2 is 1.96 bits per heavy atom. The minimum atomic E-state index is -0.484. The predicted octanol–water partition coefficient (Wildman–Crippen LogP) is 4.39. The monoisotopic (exact) mass is 322 g/mol. The van der Waals surface area contributed by atoms with Gasteiger partial charge in [-0.25, -0.2) is 4.39 Å². The number of nitrogens with one attached hydrogen (secondary N) is 1. The van der Waals surface area contributed by atoms with E-state index in [1.54, 1.807) is 6.07 Å². The molecule has 122 valence electrons. The van der Waals surface area contributed by atoms with E-state index in [9.17, 15) is 9.18 Å². The molecule has 4 rings (SSSR count). The number of aromatic nitrogens is 1. The third-order valence-electron chi connectivity index (χ3n) is 4.95. The Hall–Kier alpha value is -2.62. The number of carbonyl (C=O) groups excluding carboxylic acids is 1. The lowest BCUT2D eigenvalue weighted by atomic mass is 9.93. The molecular weight excluding hydrogens is 303 g/mol. The van der Waals surface area contributed by atoms with Gasteiger partial charge in [0.1, 0.15) is 5.82 Å². The first-order chi connectivity index (χ1) is 11.7. The summed E-state index contributed by atoms with van der Waals surface area (Å²) in [5.74, 6) is -0.145. The normalized spacial score (nSPS) is 15.4. The zero-order chi connectivity index (χ0) is 16.7. The van der Waals surface area contributed by atoms with Gasteiger partial charge in [0.05, 0.1) is 5.41 Å². The fraction of sp³-hybridized carbons (Fsp3) is 0.250. The smallest absolute Gasteiger partial charge is 0.237 e. The number of nitrogens with zero attached hydrogens (tertiary/aromatic N) is 1. The van der Waals surface area contributed by atoms with Crippen LogP contribution in [0.4, 0.5) is 10.1 Å². The van der Waals surface area contributed by atoms with Crippen LogP contribution in [0, 0.1) is 5.82 Å². The van der Waals surface area contributed by atoms with Crippen molar-refractivity contribution in [1.82, 2.24) is 4.98 Å². The average molecular weight is 322 g/mol. The Bertz CT molecular complexity index is 896. The van der Waals surface area contributed by atoms with Crippen LogP contribution in [0.2, 0.25) is 0 Å². The number of fused-ring (bicyclic) bond motifs is 1. The van der Waals surface area contributed by atoms with E-state index in [0.717, 1.165) is 35.0 Å². The molecule has 1 N–H and O–H groups in total. The van der Waals surface area contributed by atoms with E-state index in [2.05, 4.69) is 4.98 Å². The van der Waals surface area contributed by atoms with Crippen molar-refractivity contribution in [1.29, 1.82) is 0 Å². The summed E-state index contributed by atoms with van der Waals surface area (Å²) in [4.78, 5) is 18.3. The Morgan fingerprint density at radius 3 is 2.62 bits per heavy atom. The second-order valence-electron chi connectivity index (χ2n) is 6.36. The van der Waals surface area contributed by atoms with E-state index in [1.165, 1.54) is 12.1 Å². The van der Waals surface area contributed by atoms with Gasteiger partial charge in [0.25, 0.3) is 0 Å². The van der Waals surface area contributed by atoms with Gasteiger partial charge in [0.2, 0.25) is 5.91 Å². The number of likely N-dealkylation sites (N-methyl/N-ethyl adjacent to an activating group) is 1. The van der Waals surface area contributed by atoms with Crippen molar-refractivity contribution in [3.8, 4) is 0 Å². The van der Waals surface area contributed by atoms with Crippen molar-refractivity contribution >= 4 is 22.5 Å². The van der Waals surface area contributed by atoms with Crippen LogP contribution in [0.15, 0.2) is 54.7 Å². The molecule has 0 atom stereocenters. The molecule has 1 amide bonds. The van der Waals surface area contributed by atoms with Gasteiger partial charge in [-0.15, -0.1) is 0 Å². The molecule has 1 aliphatic rings. The number of rotatable bonds is 4. The zero-order valence-electron chi connectivity index (χ0n) is 13.6. The molecule has 1 heterocycles. The first-order valence-corrected chi connectivity index (χ1v) is 8.30. The fourth-order valence-electron chi connectivity index (χ4n) is 3.53. The summed E-state index contributed by atoms with van der Waals surface area (Å²) in [5.41, 5.74) is 2.16. The maximum atomic E-state index is 13.4. The van der Waals surface area contributed by atoms with Crippen molar-refractivity contribution in [3.63, 3.8) is 0 Å². The summed E-state index contributed by atoms with van der Waals surface area (Å²) in [5, 5.41) is 0.936. The Kier molecular flexibility index (Phi) is 3.41. The Balaban J connectivity index is 1.75. The molecule has 0 bridgehead atoms. The molecular formula is C20H19FN2O. The zero-order valence-corrected chi connectivity index (χ0v) is 13.6. The van der Waals surface area contributed by atoms with Crippen LogP contribution in [0.25, 0.3) is 10.9 Å². The van der Waals surface area contributed by atoms with Crippen molar-refractivity contribution in [2.24, 2.45) is 0 Å². The van der Waals surface area contributed by atoms with E-state index < -0.39 is 5.41 Å². The van der Waals surface area contributed by atoms with Crippen LogP contribution in [-0.4, -0.2) is 17.4 Å². The molecule has 4 heteroatoms. The summed E-state index contributed by atoms with van der Waals surface area (Å²) in [7, 11) is 0. The summed E-state index contributed by atoms with van der Waals surface area (Å²) >= 11 is 0. The SMILES string of the molecule is CCN(C(=O)C1(c2c[nH]c3cc(F)ccc23)CC1)c1ccccc1. The molecule has 3 nitrogen and oxygen atoms in total. The molecule has 1 fully saturated rings. The number of benzene rings is 2. The van der Waals surface area contributed by atoms with Crippen molar-refractivity contribution in [2.75, 3.05) is 11.4 Å². The van der Waals surface area contributed by atoms with Gasteiger partial charge in [-0.05, 0) is 55.7 Å². The van der Waals surface area contributed by atoms with Crippen LogP contribution in [0.5, 0.6) is 0 Å². The third-order valence-corrected chi connectivity index (χ3v) is 4.95. The fourth-order valence-corrected chi connectivity index (χ4v) is 3.53. The van der Waals surface area contributed by atoms with Crippen molar-refractivity contribution < 1.29 is 9.18 Å². The summed E-state index contributed by atoms with van der Waals surface area (Å²) in [6.45, 7) is 2.62. The Morgan fingerprint density at radius 1 is 1.21 bits per heavy atom. The summed E-state index contributed by atoms with van der Waals surface area (Å²) in [6, 6.07) is 14.5. The van der Waals surface area contributed by atoms with Crippen molar-refractivity contribution in [2.45, 2.75) is 25.2 Å². The molecule has 0 spiro atoms. The van der Waals surface area contributed by atoms with Gasteiger partial charge < -0.3 is 9.88 Å². The number of anilines is 1. The molecule has 1 saturated carbocycles. The lowest BCUT2D eigenvalue weighted by Gasteiger charge is -2.26. The first kappa shape index (κ1) is 14.9. The molecule has 1 aromatic heterocycles. The third kappa shape index (κ3) is 2.21. The van der Waals surface area contributed by atoms with E-state index in [-0.39, 0.29) is 11.7 Å². The van der Waals surface area contributed by atoms with Gasteiger partial charge >= 0.3 is 0 Å². The molecule has 0 aliphatic heterocycles. The minimum absolute atomic E-state index is 0.126. The van der Waals surface area contributed by atoms with E-state index in [1.807, 2.05) is 48.4 Å². The molecule has 24 heavy (non-hydrogen) atoms. The van der Waals surface area contributed by atoms with Gasteiger partial charge in [-0.1, -0.05) is 18.2 Å². The average Bonchev–Trinajstić information content (AvgIpc) is 3.30. The van der Waals surface area contributed by atoms with E-state index in [0.29, 0.717) is 6.54 Å². The quantitative estimate of drug-likeness (QED) is 0.760. The number of para-hydroxylation sites is 1. The standard InChI is InChI=1S/C20H19FN2O/c1-2-23(15-6-4-3-5-7-15)19(24)20(10-11-20)17-13-22-18-12-14(21)8-9-16(17)18/h3-9,12-13,22H,2,10-11H2,1H3. The first-order valence-electron chi connectivity index (χ1n) is 8.30. The number of halogens is 1. The number of H-pyrrole nitrogens is 1. The highest BCUT2D eigenvalue weighted by molar-refractivity contribution is 6.06. The molecule has 0 radical (unpaired) electrons. The molecule has 2 aromatic carbocycles. The Labute approximate surface area is 140 Å². The lowest BCUT2D eigenvalue weighted by Crippen LogP contribution is -2.39. The van der Waals surface area contributed by atoms with Gasteiger partial charge in [0, 0.05) is 29.3 Å².